The number of halogens is 5. The molecule has 13 heavy (non-hydrogen) atoms. The van der Waals surface area contributed by atoms with E-state index >= 15 is 0 Å². The highest BCUT2D eigenvalue weighted by Gasteiger charge is 2.30. The third-order valence-electron chi connectivity index (χ3n) is 1.60. The van der Waals surface area contributed by atoms with Crippen LogP contribution in [0.5, 0.6) is 0 Å². The summed E-state index contributed by atoms with van der Waals surface area (Å²) in [5.41, 5.74) is 0. The summed E-state index contributed by atoms with van der Waals surface area (Å²) in [5.74, 6) is 0. The van der Waals surface area contributed by atoms with Crippen LogP contribution in [0.4, 0.5) is 13.2 Å². The van der Waals surface area contributed by atoms with Crippen molar-refractivity contribution >= 4 is 27.5 Å². The fourth-order valence-electron chi connectivity index (χ4n) is 0.990. The molecule has 1 unspecified atom stereocenters. The minimum atomic E-state index is -4.12. The molecule has 0 aromatic heterocycles. The molecule has 0 saturated heterocycles. The van der Waals surface area contributed by atoms with E-state index in [1.54, 1.807) is 0 Å². The first-order chi connectivity index (χ1) is 5.95. The zero-order chi connectivity index (χ0) is 10.3. The molecule has 0 fully saturated rings. The van der Waals surface area contributed by atoms with E-state index in [4.69, 9.17) is 11.6 Å². The fraction of sp³-hybridized carbons (Fsp3) is 1.00. The molecule has 5 heteroatoms. The molecule has 0 aliphatic heterocycles. The smallest absolute Gasteiger partial charge is 0.171 e. The Labute approximate surface area is 90.0 Å². The summed E-state index contributed by atoms with van der Waals surface area (Å²) >= 11 is 8.77. The van der Waals surface area contributed by atoms with Gasteiger partial charge in [0.05, 0.1) is 6.42 Å². The maximum Gasteiger partial charge on any atom is 0.390 e. The molecule has 0 amide bonds. The average Bonchev–Trinajstić information content (AvgIpc) is 1.94. The van der Waals surface area contributed by atoms with Gasteiger partial charge in [0.25, 0.3) is 0 Å². The molecule has 0 spiro atoms. The van der Waals surface area contributed by atoms with Crippen molar-refractivity contribution in [2.75, 3.05) is 5.33 Å². The largest absolute Gasteiger partial charge is 0.390 e. The van der Waals surface area contributed by atoms with Crippen molar-refractivity contribution in [3.05, 3.63) is 0 Å². The predicted octanol–water partition coefficient (Wildman–Crippen LogP) is 4.50. The summed E-state index contributed by atoms with van der Waals surface area (Å²) in [5, 5.41) is 0.148. The first kappa shape index (κ1) is 13.6. The second-order valence-corrected chi connectivity index (χ2v) is 4.37. The highest BCUT2D eigenvalue weighted by Crippen LogP contribution is 2.26. The van der Waals surface area contributed by atoms with Gasteiger partial charge in [0.1, 0.15) is 0 Å². The maximum atomic E-state index is 11.8. The van der Waals surface area contributed by atoms with Gasteiger partial charge in [0.2, 0.25) is 0 Å². The normalized spacial score (nSPS) is 14.5. The highest BCUT2D eigenvalue weighted by molar-refractivity contribution is 9.09. The van der Waals surface area contributed by atoms with Crippen LogP contribution in [-0.4, -0.2) is 16.9 Å². The van der Waals surface area contributed by atoms with Crippen LogP contribution >= 0.6 is 27.5 Å². The van der Waals surface area contributed by atoms with E-state index in [-0.39, 0.29) is 0 Å². The molecule has 80 valence electrons. The van der Waals surface area contributed by atoms with E-state index < -0.39 is 18.0 Å². The van der Waals surface area contributed by atoms with Crippen LogP contribution in [0.3, 0.4) is 0 Å². The summed E-state index contributed by atoms with van der Waals surface area (Å²) < 4.78 is 35.4. The number of alkyl halides is 5. The summed E-state index contributed by atoms with van der Waals surface area (Å²) in [6, 6.07) is 0. The Morgan fingerprint density at radius 2 is 1.77 bits per heavy atom. The summed E-state index contributed by atoms with van der Waals surface area (Å²) in [7, 11) is 0. The van der Waals surface area contributed by atoms with E-state index in [0.717, 1.165) is 24.6 Å². The molecule has 0 nitrogen and oxygen atoms in total. The Morgan fingerprint density at radius 1 is 1.15 bits per heavy atom. The van der Waals surface area contributed by atoms with Crippen molar-refractivity contribution in [2.45, 2.75) is 43.7 Å². The minimum absolute atomic E-state index is 0.452. The second kappa shape index (κ2) is 6.93. The van der Waals surface area contributed by atoms with Crippen LogP contribution < -0.4 is 0 Å². The lowest BCUT2D eigenvalue weighted by Crippen LogP contribution is -2.15. The molecule has 0 saturated carbocycles. The van der Waals surface area contributed by atoms with Crippen molar-refractivity contribution in [2.24, 2.45) is 0 Å². The Bertz CT molecular complexity index is 127. The van der Waals surface area contributed by atoms with E-state index in [1.807, 2.05) is 0 Å². The molecule has 1 atom stereocenters. The first-order valence-electron chi connectivity index (χ1n) is 4.22. The second-order valence-electron chi connectivity index (χ2n) is 2.95. The van der Waals surface area contributed by atoms with Gasteiger partial charge in [-0.2, -0.15) is 13.2 Å². The highest BCUT2D eigenvalue weighted by atomic mass is 79.9. The molecule has 0 bridgehead atoms. The zero-order valence-corrected chi connectivity index (χ0v) is 9.55. The van der Waals surface area contributed by atoms with Crippen LogP contribution in [0, 0.1) is 0 Å². The summed E-state index contributed by atoms with van der Waals surface area (Å²) in [6.45, 7) is 0. The van der Waals surface area contributed by atoms with Gasteiger partial charge in [-0.05, 0) is 12.8 Å². The third kappa shape index (κ3) is 10.5. The van der Waals surface area contributed by atoms with Gasteiger partial charge in [-0.1, -0.05) is 28.8 Å². The number of rotatable bonds is 6. The van der Waals surface area contributed by atoms with E-state index in [2.05, 4.69) is 15.9 Å². The number of hydrogen-bond acceptors (Lipinski definition) is 0. The molecule has 0 aliphatic carbocycles. The molecule has 0 aromatic carbocycles. The van der Waals surface area contributed by atoms with Crippen molar-refractivity contribution < 1.29 is 13.2 Å². The van der Waals surface area contributed by atoms with Gasteiger partial charge in [0, 0.05) is 10.7 Å². The van der Waals surface area contributed by atoms with Crippen LogP contribution in [0.1, 0.15) is 32.1 Å². The molecular formula is C8H13BrClF3. The van der Waals surface area contributed by atoms with Gasteiger partial charge in [-0.25, -0.2) is 0 Å². The Kier molecular flexibility index (Phi) is 7.23. The van der Waals surface area contributed by atoms with E-state index in [9.17, 15) is 13.2 Å². The number of unbranched alkanes of at least 4 members (excludes halogenated alkanes) is 2. The molecule has 0 heterocycles. The van der Waals surface area contributed by atoms with Gasteiger partial charge in [-0.3, -0.25) is 0 Å². The van der Waals surface area contributed by atoms with Gasteiger partial charge < -0.3 is 0 Å². The first-order valence-corrected chi connectivity index (χ1v) is 5.78. The predicted molar refractivity (Wildman–Crippen MR) is 52.6 cm³/mol. The van der Waals surface area contributed by atoms with Crippen molar-refractivity contribution in [3.8, 4) is 0 Å². The summed E-state index contributed by atoms with van der Waals surface area (Å²) in [4.78, 5) is 0. The molecule has 0 aliphatic rings. The summed E-state index contributed by atoms with van der Waals surface area (Å²) in [6.07, 6.45) is -1.84. The molecular weight excluding hydrogens is 268 g/mol. The van der Waals surface area contributed by atoms with Crippen molar-refractivity contribution in [1.29, 1.82) is 0 Å². The van der Waals surface area contributed by atoms with Crippen LogP contribution in [0.2, 0.25) is 0 Å². The number of hydrogen-bond donors (Lipinski definition) is 0. The topological polar surface area (TPSA) is 0 Å². The van der Waals surface area contributed by atoms with Crippen LogP contribution in [0.15, 0.2) is 0 Å². The lowest BCUT2D eigenvalue weighted by atomic mass is 10.1. The van der Waals surface area contributed by atoms with Crippen molar-refractivity contribution in [3.63, 3.8) is 0 Å². The van der Waals surface area contributed by atoms with Crippen LogP contribution in [-0.2, 0) is 0 Å². The van der Waals surface area contributed by atoms with Crippen LogP contribution in [0.25, 0.3) is 0 Å². The van der Waals surface area contributed by atoms with Gasteiger partial charge in [0.15, 0.2) is 0 Å². The van der Waals surface area contributed by atoms with Gasteiger partial charge >= 0.3 is 6.18 Å². The molecule has 0 rings (SSSR count). The maximum absolute atomic E-state index is 11.8. The fourth-order valence-corrected chi connectivity index (χ4v) is 1.72. The molecule has 0 aromatic rings. The minimum Gasteiger partial charge on any atom is -0.171 e. The van der Waals surface area contributed by atoms with Gasteiger partial charge in [-0.15, -0.1) is 11.6 Å². The van der Waals surface area contributed by atoms with E-state index in [0.29, 0.717) is 6.42 Å². The molecule has 0 radical (unpaired) electrons. The quantitative estimate of drug-likeness (QED) is 0.497. The Hall–Kier alpha value is 0.560. The monoisotopic (exact) mass is 280 g/mol. The lowest BCUT2D eigenvalue weighted by Gasteiger charge is -2.11. The molecule has 0 N–H and O–H groups in total. The SMILES string of the molecule is FC(F)(F)CC(Cl)CCCCCBr. The van der Waals surface area contributed by atoms with Crippen molar-refractivity contribution in [1.82, 2.24) is 0 Å². The Balaban J connectivity index is 3.35. The average molecular weight is 282 g/mol. The Morgan fingerprint density at radius 3 is 2.23 bits per heavy atom. The zero-order valence-electron chi connectivity index (χ0n) is 7.21. The van der Waals surface area contributed by atoms with E-state index in [1.165, 1.54) is 0 Å². The lowest BCUT2D eigenvalue weighted by molar-refractivity contribution is -0.134. The third-order valence-corrected chi connectivity index (χ3v) is 2.54. The standard InChI is InChI=1S/C8H13BrClF3/c9-5-3-1-2-4-7(10)6-8(11,12)13/h7H,1-6H2.